The maximum atomic E-state index is 13.6. The van der Waals surface area contributed by atoms with E-state index in [-0.39, 0.29) is 17.0 Å². The highest BCUT2D eigenvalue weighted by atomic mass is 32.2. The molecular formula is C28H41N5O2S2. The zero-order valence-corrected chi connectivity index (χ0v) is 24.6. The molecule has 0 aromatic carbocycles. The highest BCUT2D eigenvalue weighted by Crippen LogP contribution is 2.37. The third-order valence-electron chi connectivity index (χ3n) is 7.52. The van der Waals surface area contributed by atoms with Gasteiger partial charge in [0.2, 0.25) is 0 Å². The summed E-state index contributed by atoms with van der Waals surface area (Å²) in [6, 6.07) is 2.15. The molecule has 37 heavy (non-hydrogen) atoms. The van der Waals surface area contributed by atoms with Crippen molar-refractivity contribution in [3.8, 4) is 6.07 Å². The second-order valence-electron chi connectivity index (χ2n) is 10.2. The lowest BCUT2D eigenvalue weighted by Crippen LogP contribution is -2.47. The number of rotatable bonds is 11. The second-order valence-corrected chi connectivity index (χ2v) is 11.8. The Morgan fingerprint density at radius 3 is 2.38 bits per heavy atom. The number of nitrogens with zero attached hydrogens (tertiary/aromatic N) is 5. The van der Waals surface area contributed by atoms with Crippen molar-refractivity contribution in [3.05, 3.63) is 31.9 Å². The van der Waals surface area contributed by atoms with E-state index < -0.39 is 0 Å². The summed E-state index contributed by atoms with van der Waals surface area (Å²) in [5, 5.41) is 9.90. The Morgan fingerprint density at radius 2 is 1.78 bits per heavy atom. The molecule has 0 N–H and O–H groups in total. The van der Waals surface area contributed by atoms with E-state index in [0.717, 1.165) is 76.1 Å². The van der Waals surface area contributed by atoms with Crippen LogP contribution < -0.4 is 10.5 Å². The van der Waals surface area contributed by atoms with Crippen LogP contribution in [0, 0.1) is 24.2 Å². The van der Waals surface area contributed by atoms with Crippen molar-refractivity contribution in [1.82, 2.24) is 14.4 Å². The quantitative estimate of drug-likeness (QED) is 0.287. The van der Waals surface area contributed by atoms with Crippen LogP contribution in [-0.2, 0) is 11.3 Å². The molecule has 3 rings (SSSR count). The number of carbonyl (C=O) groups excluding carboxylic acids is 1. The highest BCUT2D eigenvalue weighted by molar-refractivity contribution is 8.26. The summed E-state index contributed by atoms with van der Waals surface area (Å²) >= 11 is 6.98. The summed E-state index contributed by atoms with van der Waals surface area (Å²) in [4.78, 5) is 33.8. The van der Waals surface area contributed by atoms with Crippen LogP contribution in [0.1, 0.15) is 76.0 Å². The lowest BCUT2D eigenvalue weighted by Gasteiger charge is -2.36. The lowest BCUT2D eigenvalue weighted by atomic mass is 9.99. The molecule has 1 aromatic rings. The number of carbonyl (C=O) groups is 1. The summed E-state index contributed by atoms with van der Waals surface area (Å²) in [5.41, 5.74) is 1.33. The number of amides is 1. The Labute approximate surface area is 231 Å². The van der Waals surface area contributed by atoms with Crippen molar-refractivity contribution in [2.45, 2.75) is 72.8 Å². The molecule has 2 aliphatic rings. The van der Waals surface area contributed by atoms with Gasteiger partial charge in [0.05, 0.1) is 4.91 Å². The molecule has 3 heterocycles. The summed E-state index contributed by atoms with van der Waals surface area (Å²) in [6.07, 6.45) is 8.05. The molecule has 2 fully saturated rings. The average Bonchev–Trinajstić information content (AvgIpc) is 3.15. The number of thioether (sulfide) groups is 1. The number of nitriles is 1. The number of thiocarbonyl (C=S) groups is 1. The monoisotopic (exact) mass is 543 g/mol. The van der Waals surface area contributed by atoms with E-state index in [4.69, 9.17) is 12.2 Å². The standard InChI is InChI=1S/C28H41N5O2S2/c1-6-9-11-21(8-3)19-33-27(35)24(37-28(33)36)17-22-20(4)23(18-29)26(34)32(12-10-7-2)25(22)31-15-13-30(5)14-16-31/h17,21H,6-16,19H2,1-5H3/b24-17+. The number of piperazine rings is 1. The van der Waals surface area contributed by atoms with Crippen molar-refractivity contribution >= 4 is 46.1 Å². The minimum absolute atomic E-state index is 0.0708. The number of hydrogen-bond donors (Lipinski definition) is 0. The van der Waals surface area contributed by atoms with Gasteiger partial charge in [-0.25, -0.2) is 0 Å². The molecule has 1 atom stereocenters. The van der Waals surface area contributed by atoms with E-state index in [9.17, 15) is 14.9 Å². The topological polar surface area (TPSA) is 72.6 Å². The number of unbranched alkanes of at least 4 members (excludes halogenated alkanes) is 2. The predicted molar refractivity (Wildman–Crippen MR) is 158 cm³/mol. The molecule has 0 saturated carbocycles. The number of likely N-dealkylation sites (N-methyl/N-ethyl adjacent to an activating group) is 1. The first-order chi connectivity index (χ1) is 17.8. The molecule has 1 unspecified atom stereocenters. The Balaban J connectivity index is 2.09. The lowest BCUT2D eigenvalue weighted by molar-refractivity contribution is -0.122. The van der Waals surface area contributed by atoms with Gasteiger partial charge in [-0.2, -0.15) is 5.26 Å². The van der Waals surface area contributed by atoms with Gasteiger partial charge in [-0.3, -0.25) is 19.1 Å². The fourth-order valence-corrected chi connectivity index (χ4v) is 6.25. The van der Waals surface area contributed by atoms with Gasteiger partial charge in [0.15, 0.2) is 0 Å². The van der Waals surface area contributed by atoms with Crippen LogP contribution in [0.5, 0.6) is 0 Å². The predicted octanol–water partition coefficient (Wildman–Crippen LogP) is 5.00. The summed E-state index contributed by atoms with van der Waals surface area (Å²) in [5.74, 6) is 1.17. The van der Waals surface area contributed by atoms with Crippen molar-refractivity contribution in [2.24, 2.45) is 5.92 Å². The Bertz CT molecular complexity index is 1130. The minimum Gasteiger partial charge on any atom is -0.355 e. The molecule has 2 aliphatic heterocycles. The minimum atomic E-state index is -0.242. The second kappa shape index (κ2) is 13.6. The molecule has 1 amide bonds. The highest BCUT2D eigenvalue weighted by Gasteiger charge is 2.34. The number of anilines is 1. The maximum Gasteiger partial charge on any atom is 0.270 e. The first-order valence-electron chi connectivity index (χ1n) is 13.6. The fraction of sp³-hybridized carbons (Fsp3) is 0.643. The SMILES string of the molecule is CCCCC(CC)CN1C(=O)/C(=C\c2c(C)c(C#N)c(=O)n(CCCC)c2N2CCN(C)CC2)SC1=S. The number of aromatic nitrogens is 1. The van der Waals surface area contributed by atoms with Crippen LogP contribution >= 0.6 is 24.0 Å². The van der Waals surface area contributed by atoms with E-state index in [0.29, 0.717) is 33.8 Å². The van der Waals surface area contributed by atoms with Gasteiger partial charge in [-0.15, -0.1) is 0 Å². The molecule has 2 saturated heterocycles. The molecule has 7 nitrogen and oxygen atoms in total. The Morgan fingerprint density at radius 1 is 1.11 bits per heavy atom. The largest absolute Gasteiger partial charge is 0.355 e. The molecule has 1 aromatic heterocycles. The molecule has 0 bridgehead atoms. The van der Waals surface area contributed by atoms with E-state index in [1.165, 1.54) is 11.8 Å². The van der Waals surface area contributed by atoms with Crippen molar-refractivity contribution in [3.63, 3.8) is 0 Å². The maximum absolute atomic E-state index is 13.6. The Kier molecular flexibility index (Phi) is 10.8. The summed E-state index contributed by atoms with van der Waals surface area (Å²) in [6.45, 7) is 12.8. The third kappa shape index (κ3) is 6.65. The third-order valence-corrected chi connectivity index (χ3v) is 8.90. The van der Waals surface area contributed by atoms with Gasteiger partial charge in [-0.1, -0.05) is 70.4 Å². The summed E-state index contributed by atoms with van der Waals surface area (Å²) < 4.78 is 2.36. The number of hydrogen-bond acceptors (Lipinski definition) is 7. The van der Waals surface area contributed by atoms with Crippen LogP contribution in [0.2, 0.25) is 0 Å². The first-order valence-corrected chi connectivity index (χ1v) is 14.9. The molecule has 202 valence electrons. The van der Waals surface area contributed by atoms with Crippen molar-refractivity contribution in [2.75, 3.05) is 44.7 Å². The first kappa shape index (κ1) is 29.4. The average molecular weight is 544 g/mol. The molecular weight excluding hydrogens is 502 g/mol. The van der Waals surface area contributed by atoms with Crippen LogP contribution in [-0.4, -0.2) is 64.4 Å². The molecule has 0 radical (unpaired) electrons. The van der Waals surface area contributed by atoms with E-state index in [2.05, 4.69) is 43.7 Å². The molecule has 0 spiro atoms. The van der Waals surface area contributed by atoms with Crippen LogP contribution in [0.25, 0.3) is 6.08 Å². The van der Waals surface area contributed by atoms with E-state index in [1.54, 1.807) is 9.47 Å². The van der Waals surface area contributed by atoms with Gasteiger partial charge in [0.1, 0.15) is 21.8 Å². The summed E-state index contributed by atoms with van der Waals surface area (Å²) in [7, 11) is 2.10. The number of pyridine rings is 1. The molecule has 9 heteroatoms. The normalized spacial score (nSPS) is 18.6. The zero-order chi connectivity index (χ0) is 27.1. The van der Waals surface area contributed by atoms with Crippen molar-refractivity contribution in [1.29, 1.82) is 5.26 Å². The fourth-order valence-electron chi connectivity index (χ4n) is 4.99. The van der Waals surface area contributed by atoms with Gasteiger partial charge < -0.3 is 9.80 Å². The van der Waals surface area contributed by atoms with E-state index in [1.807, 2.05) is 13.0 Å². The van der Waals surface area contributed by atoms with Gasteiger partial charge >= 0.3 is 0 Å². The van der Waals surface area contributed by atoms with Crippen LogP contribution in [0.15, 0.2) is 9.70 Å². The van der Waals surface area contributed by atoms with Crippen LogP contribution in [0.3, 0.4) is 0 Å². The molecule has 0 aliphatic carbocycles. The van der Waals surface area contributed by atoms with Crippen molar-refractivity contribution < 1.29 is 4.79 Å². The van der Waals surface area contributed by atoms with Gasteiger partial charge in [0, 0.05) is 44.8 Å². The van der Waals surface area contributed by atoms with Crippen LogP contribution in [0.4, 0.5) is 5.82 Å². The van der Waals surface area contributed by atoms with Gasteiger partial charge in [-0.05, 0) is 44.4 Å². The van der Waals surface area contributed by atoms with E-state index >= 15 is 0 Å². The van der Waals surface area contributed by atoms with Gasteiger partial charge in [0.25, 0.3) is 11.5 Å². The Hall–Kier alpha value is -2.15. The smallest absolute Gasteiger partial charge is 0.270 e. The zero-order valence-electron chi connectivity index (χ0n) is 23.0.